The fourth-order valence-electron chi connectivity index (χ4n) is 3.58. The average molecular weight is 288 g/mol. The molecule has 1 atom stereocenters. The Morgan fingerprint density at radius 1 is 1.24 bits per heavy atom. The van der Waals surface area contributed by atoms with Gasteiger partial charge in [0.1, 0.15) is 0 Å². The Balaban J connectivity index is 1.52. The summed E-state index contributed by atoms with van der Waals surface area (Å²) in [6.45, 7) is 8.84. The van der Waals surface area contributed by atoms with Crippen LogP contribution >= 0.6 is 0 Å². The molecule has 0 aliphatic carbocycles. The van der Waals surface area contributed by atoms with Crippen molar-refractivity contribution in [1.29, 1.82) is 0 Å². The Morgan fingerprint density at radius 2 is 2.05 bits per heavy atom. The lowest BCUT2D eigenvalue weighted by Gasteiger charge is -2.36. The normalized spacial score (nSPS) is 24.0. The monoisotopic (exact) mass is 288 g/mol. The number of nitrogens with one attached hydrogen (secondary N) is 1. The van der Waals surface area contributed by atoms with Crippen molar-refractivity contribution in [2.75, 3.05) is 39.3 Å². The lowest BCUT2D eigenvalue weighted by Crippen LogP contribution is -2.40. The maximum Gasteiger partial charge on any atom is 0.0954 e. The van der Waals surface area contributed by atoms with E-state index in [9.17, 15) is 0 Å². The summed E-state index contributed by atoms with van der Waals surface area (Å²) in [5.74, 6) is 0.862. The van der Waals surface area contributed by atoms with Crippen molar-refractivity contribution in [3.63, 3.8) is 0 Å². The third-order valence-electron chi connectivity index (χ3n) is 4.91. The first-order chi connectivity index (χ1) is 10.4. The van der Waals surface area contributed by atoms with Gasteiger partial charge in [-0.25, -0.2) is 0 Å². The van der Waals surface area contributed by atoms with Gasteiger partial charge in [0.25, 0.3) is 0 Å². The van der Waals surface area contributed by atoms with Crippen molar-refractivity contribution in [2.45, 2.75) is 32.3 Å². The highest BCUT2D eigenvalue weighted by atomic mass is 16.5. The molecule has 0 saturated carbocycles. The van der Waals surface area contributed by atoms with Gasteiger partial charge >= 0.3 is 0 Å². The van der Waals surface area contributed by atoms with E-state index in [1.54, 1.807) is 0 Å². The Morgan fingerprint density at radius 3 is 2.86 bits per heavy atom. The number of rotatable bonds is 5. The van der Waals surface area contributed by atoms with Crippen molar-refractivity contribution in [3.05, 3.63) is 35.4 Å². The SMILES string of the molecule is CCNCC1CCN(CC2OCCc3ccccc32)CC1. The molecule has 1 fully saturated rings. The molecule has 1 N–H and O–H groups in total. The molecule has 2 aliphatic heterocycles. The summed E-state index contributed by atoms with van der Waals surface area (Å²) < 4.78 is 6.04. The first-order valence-electron chi connectivity index (χ1n) is 8.49. The Hall–Kier alpha value is -0.900. The lowest BCUT2D eigenvalue weighted by molar-refractivity contribution is 0.00868. The Bertz CT molecular complexity index is 441. The van der Waals surface area contributed by atoms with E-state index in [-0.39, 0.29) is 6.10 Å². The molecular formula is C18H28N2O. The minimum atomic E-state index is 0.278. The van der Waals surface area contributed by atoms with Crippen LogP contribution < -0.4 is 5.32 Å². The summed E-state index contributed by atoms with van der Waals surface area (Å²) in [4.78, 5) is 2.59. The Kier molecular flexibility index (Phi) is 5.28. The number of fused-ring (bicyclic) bond motifs is 1. The summed E-state index contributed by atoms with van der Waals surface area (Å²) in [7, 11) is 0. The van der Waals surface area contributed by atoms with Gasteiger partial charge in [0, 0.05) is 6.54 Å². The predicted octanol–water partition coefficient (Wildman–Crippen LogP) is 2.62. The van der Waals surface area contributed by atoms with E-state index in [4.69, 9.17) is 4.74 Å². The third kappa shape index (κ3) is 3.85. The van der Waals surface area contributed by atoms with Crippen LogP contribution in [-0.4, -0.2) is 44.2 Å². The summed E-state index contributed by atoms with van der Waals surface area (Å²) in [6, 6.07) is 8.79. The number of likely N-dealkylation sites (tertiary alicyclic amines) is 1. The van der Waals surface area contributed by atoms with Crippen LogP contribution in [0.1, 0.15) is 37.0 Å². The second kappa shape index (κ2) is 7.39. The van der Waals surface area contributed by atoms with Crippen LogP contribution in [0.25, 0.3) is 0 Å². The smallest absolute Gasteiger partial charge is 0.0954 e. The first kappa shape index (κ1) is 15.0. The van der Waals surface area contributed by atoms with Crippen LogP contribution in [0.3, 0.4) is 0 Å². The molecule has 116 valence electrons. The van der Waals surface area contributed by atoms with E-state index in [1.165, 1.54) is 43.6 Å². The number of ether oxygens (including phenoxy) is 1. The molecule has 1 aromatic carbocycles. The molecule has 3 nitrogen and oxygen atoms in total. The van der Waals surface area contributed by atoms with E-state index >= 15 is 0 Å². The van der Waals surface area contributed by atoms with E-state index < -0.39 is 0 Å². The highest BCUT2D eigenvalue weighted by Gasteiger charge is 2.25. The van der Waals surface area contributed by atoms with E-state index in [1.807, 2.05) is 0 Å². The molecule has 0 amide bonds. The number of hydrogen-bond acceptors (Lipinski definition) is 3. The van der Waals surface area contributed by atoms with Crippen molar-refractivity contribution in [2.24, 2.45) is 5.92 Å². The van der Waals surface area contributed by atoms with Crippen LogP contribution in [-0.2, 0) is 11.2 Å². The minimum absolute atomic E-state index is 0.278. The molecule has 1 saturated heterocycles. The molecule has 0 bridgehead atoms. The molecule has 2 aliphatic rings. The zero-order valence-corrected chi connectivity index (χ0v) is 13.2. The van der Waals surface area contributed by atoms with Gasteiger partial charge in [0.05, 0.1) is 12.7 Å². The largest absolute Gasteiger partial charge is 0.372 e. The maximum atomic E-state index is 6.04. The second-order valence-electron chi connectivity index (χ2n) is 6.36. The lowest BCUT2D eigenvalue weighted by atomic mass is 9.94. The van der Waals surface area contributed by atoms with E-state index in [0.717, 1.165) is 32.0 Å². The summed E-state index contributed by atoms with van der Waals surface area (Å²) in [5, 5.41) is 3.48. The molecule has 1 unspecified atom stereocenters. The maximum absolute atomic E-state index is 6.04. The van der Waals surface area contributed by atoms with E-state index in [2.05, 4.69) is 41.4 Å². The molecule has 0 spiro atoms. The van der Waals surface area contributed by atoms with Gasteiger partial charge in [0.15, 0.2) is 0 Å². The molecule has 3 heteroatoms. The van der Waals surface area contributed by atoms with Crippen LogP contribution in [0, 0.1) is 5.92 Å². The molecule has 2 heterocycles. The van der Waals surface area contributed by atoms with Gasteiger partial charge in [-0.15, -0.1) is 0 Å². The van der Waals surface area contributed by atoms with Gasteiger partial charge in [-0.2, -0.15) is 0 Å². The van der Waals surface area contributed by atoms with Crippen molar-refractivity contribution < 1.29 is 4.74 Å². The predicted molar refractivity (Wildman–Crippen MR) is 86.5 cm³/mol. The molecule has 3 rings (SSSR count). The zero-order chi connectivity index (χ0) is 14.5. The zero-order valence-electron chi connectivity index (χ0n) is 13.2. The first-order valence-corrected chi connectivity index (χ1v) is 8.49. The number of piperidine rings is 1. The summed E-state index contributed by atoms with van der Waals surface area (Å²) in [5.41, 5.74) is 2.90. The molecule has 1 aromatic rings. The van der Waals surface area contributed by atoms with Crippen molar-refractivity contribution >= 4 is 0 Å². The number of hydrogen-bond donors (Lipinski definition) is 1. The van der Waals surface area contributed by atoms with Crippen LogP contribution in [0.2, 0.25) is 0 Å². The topological polar surface area (TPSA) is 24.5 Å². The summed E-state index contributed by atoms with van der Waals surface area (Å²) >= 11 is 0. The molecular weight excluding hydrogens is 260 g/mol. The molecule has 21 heavy (non-hydrogen) atoms. The van der Waals surface area contributed by atoms with Crippen LogP contribution in [0.5, 0.6) is 0 Å². The van der Waals surface area contributed by atoms with E-state index in [0.29, 0.717) is 0 Å². The highest BCUT2D eigenvalue weighted by molar-refractivity contribution is 5.31. The fraction of sp³-hybridized carbons (Fsp3) is 0.667. The van der Waals surface area contributed by atoms with Crippen LogP contribution in [0.4, 0.5) is 0 Å². The van der Waals surface area contributed by atoms with Gasteiger partial charge in [-0.3, -0.25) is 0 Å². The van der Waals surface area contributed by atoms with Gasteiger partial charge in [-0.05, 0) is 62.5 Å². The second-order valence-corrected chi connectivity index (χ2v) is 6.36. The number of benzene rings is 1. The molecule has 0 radical (unpaired) electrons. The highest BCUT2D eigenvalue weighted by Crippen LogP contribution is 2.29. The Labute approximate surface area is 128 Å². The summed E-state index contributed by atoms with van der Waals surface area (Å²) in [6.07, 6.45) is 3.99. The van der Waals surface area contributed by atoms with Gasteiger partial charge < -0.3 is 15.0 Å². The minimum Gasteiger partial charge on any atom is -0.372 e. The quantitative estimate of drug-likeness (QED) is 0.901. The van der Waals surface area contributed by atoms with Crippen molar-refractivity contribution in [1.82, 2.24) is 10.2 Å². The molecule has 0 aromatic heterocycles. The standard InChI is InChI=1S/C18H28N2O/c1-2-19-13-15-7-10-20(11-8-15)14-18-17-6-4-3-5-16(17)9-12-21-18/h3-6,15,18-19H,2,7-14H2,1H3. The van der Waals surface area contributed by atoms with Gasteiger partial charge in [-0.1, -0.05) is 31.2 Å². The van der Waals surface area contributed by atoms with Gasteiger partial charge in [0.2, 0.25) is 0 Å². The van der Waals surface area contributed by atoms with Crippen molar-refractivity contribution in [3.8, 4) is 0 Å². The fourth-order valence-corrected chi connectivity index (χ4v) is 3.58. The van der Waals surface area contributed by atoms with Crippen LogP contribution in [0.15, 0.2) is 24.3 Å². The number of nitrogens with zero attached hydrogens (tertiary/aromatic N) is 1. The average Bonchev–Trinajstić information content (AvgIpc) is 2.55. The third-order valence-corrected chi connectivity index (χ3v) is 4.91.